The van der Waals surface area contributed by atoms with Crippen molar-refractivity contribution in [3.05, 3.63) is 48.0 Å². The molecule has 0 amide bonds. The van der Waals surface area contributed by atoms with Gasteiger partial charge in [-0.25, -0.2) is 4.79 Å². The molecule has 0 heterocycles. The highest BCUT2D eigenvalue weighted by Gasteiger charge is 2.07. The summed E-state index contributed by atoms with van der Waals surface area (Å²) in [5.74, 6) is -0.962. The normalized spacial score (nSPS) is 10.2. The molecule has 0 aromatic heterocycles. The van der Waals surface area contributed by atoms with E-state index < -0.39 is 5.97 Å². The number of hydrogen-bond donors (Lipinski definition) is 0. The topological polar surface area (TPSA) is 78.9 Å². The fraction of sp³-hybridized carbons (Fsp3) is 0.500. The Morgan fingerprint density at radius 3 is 2.07 bits per heavy atom. The maximum absolute atomic E-state index is 11.7. The number of unbranched alkanes of at least 4 members (excludes halogenated alkanes) is 2. The standard InChI is InChI=1S/C22H30O6/c1-18(2)22(25)28-16-9-13-21(24)26-15-8-4-7-12-20(23)27-17-14-19-10-5-3-6-11-19/h3,5-6,10-11H,1,4,7-9,12-17H2,2H3. The van der Waals surface area contributed by atoms with Gasteiger partial charge in [0.05, 0.1) is 19.8 Å². The monoisotopic (exact) mass is 390 g/mol. The Balaban J connectivity index is 1.92. The third kappa shape index (κ3) is 11.9. The summed E-state index contributed by atoms with van der Waals surface area (Å²) in [5.41, 5.74) is 1.48. The highest BCUT2D eigenvalue weighted by molar-refractivity contribution is 5.86. The largest absolute Gasteiger partial charge is 0.466 e. The van der Waals surface area contributed by atoms with Crippen LogP contribution in [-0.2, 0) is 35.0 Å². The van der Waals surface area contributed by atoms with E-state index in [2.05, 4.69) is 6.58 Å². The zero-order chi connectivity index (χ0) is 20.6. The van der Waals surface area contributed by atoms with E-state index in [1.165, 1.54) is 0 Å². The lowest BCUT2D eigenvalue weighted by atomic mass is 10.2. The van der Waals surface area contributed by atoms with Gasteiger partial charge in [-0.2, -0.15) is 0 Å². The highest BCUT2D eigenvalue weighted by atomic mass is 16.5. The van der Waals surface area contributed by atoms with Gasteiger partial charge in [0.25, 0.3) is 0 Å². The summed E-state index contributed by atoms with van der Waals surface area (Å²) >= 11 is 0. The molecule has 0 aliphatic carbocycles. The molecule has 0 unspecified atom stereocenters. The van der Waals surface area contributed by atoms with Crippen LogP contribution in [0.2, 0.25) is 0 Å². The molecule has 0 spiro atoms. The fourth-order valence-electron chi connectivity index (χ4n) is 2.31. The Morgan fingerprint density at radius 1 is 0.786 bits per heavy atom. The quantitative estimate of drug-likeness (QED) is 0.208. The average Bonchev–Trinajstić information content (AvgIpc) is 2.68. The molecule has 1 aromatic carbocycles. The Kier molecular flexibility index (Phi) is 12.1. The molecule has 154 valence electrons. The van der Waals surface area contributed by atoms with Gasteiger partial charge in [-0.3, -0.25) is 9.59 Å². The molecule has 0 saturated carbocycles. The predicted molar refractivity (Wildman–Crippen MR) is 106 cm³/mol. The van der Waals surface area contributed by atoms with Crippen molar-refractivity contribution in [3.8, 4) is 0 Å². The fourth-order valence-corrected chi connectivity index (χ4v) is 2.31. The zero-order valence-electron chi connectivity index (χ0n) is 16.6. The lowest BCUT2D eigenvalue weighted by Gasteiger charge is -2.06. The summed E-state index contributed by atoms with van der Waals surface area (Å²) < 4.78 is 15.2. The molecule has 0 fully saturated rings. The lowest BCUT2D eigenvalue weighted by Crippen LogP contribution is -2.10. The van der Waals surface area contributed by atoms with Crippen LogP contribution in [0, 0.1) is 0 Å². The van der Waals surface area contributed by atoms with Crippen LogP contribution >= 0.6 is 0 Å². The van der Waals surface area contributed by atoms with Gasteiger partial charge >= 0.3 is 17.9 Å². The van der Waals surface area contributed by atoms with Crippen molar-refractivity contribution in [1.29, 1.82) is 0 Å². The molecule has 1 rings (SSSR count). The summed E-state index contributed by atoms with van der Waals surface area (Å²) in [6, 6.07) is 9.88. The van der Waals surface area contributed by atoms with E-state index >= 15 is 0 Å². The van der Waals surface area contributed by atoms with Crippen molar-refractivity contribution in [2.75, 3.05) is 19.8 Å². The van der Waals surface area contributed by atoms with Crippen molar-refractivity contribution in [2.24, 2.45) is 0 Å². The second kappa shape index (κ2) is 14.4. The first-order chi connectivity index (χ1) is 13.5. The van der Waals surface area contributed by atoms with Crippen LogP contribution in [0.3, 0.4) is 0 Å². The molecule has 0 radical (unpaired) electrons. The third-order valence-corrected chi connectivity index (χ3v) is 3.89. The minimum absolute atomic E-state index is 0.174. The summed E-state index contributed by atoms with van der Waals surface area (Å²) in [4.78, 5) is 34.4. The van der Waals surface area contributed by atoms with Gasteiger partial charge < -0.3 is 14.2 Å². The van der Waals surface area contributed by atoms with Crippen LogP contribution in [0.15, 0.2) is 42.5 Å². The third-order valence-electron chi connectivity index (χ3n) is 3.89. The van der Waals surface area contributed by atoms with Crippen LogP contribution in [0.25, 0.3) is 0 Å². The van der Waals surface area contributed by atoms with Gasteiger partial charge in [-0.1, -0.05) is 36.9 Å². The molecule has 6 nitrogen and oxygen atoms in total. The van der Waals surface area contributed by atoms with E-state index in [0.29, 0.717) is 44.5 Å². The van der Waals surface area contributed by atoms with Crippen molar-refractivity contribution in [1.82, 2.24) is 0 Å². The van der Waals surface area contributed by atoms with Crippen LogP contribution in [0.4, 0.5) is 0 Å². The second-order valence-electron chi connectivity index (χ2n) is 6.51. The van der Waals surface area contributed by atoms with E-state index in [9.17, 15) is 14.4 Å². The van der Waals surface area contributed by atoms with E-state index in [1.807, 2.05) is 30.3 Å². The zero-order valence-corrected chi connectivity index (χ0v) is 16.6. The smallest absolute Gasteiger partial charge is 0.333 e. The molecule has 0 atom stereocenters. The SMILES string of the molecule is C=C(C)C(=O)OCCCC(=O)OCCCCCC(=O)OCCc1ccccc1. The molecule has 6 heteroatoms. The maximum atomic E-state index is 11.7. The minimum Gasteiger partial charge on any atom is -0.466 e. The number of ether oxygens (including phenoxy) is 3. The first kappa shape index (κ1) is 23.4. The molecular formula is C22H30O6. The highest BCUT2D eigenvalue weighted by Crippen LogP contribution is 2.05. The van der Waals surface area contributed by atoms with Gasteiger partial charge in [0.1, 0.15) is 0 Å². The first-order valence-corrected chi connectivity index (χ1v) is 9.67. The number of rotatable bonds is 14. The molecule has 0 saturated heterocycles. The van der Waals surface area contributed by atoms with Crippen molar-refractivity contribution >= 4 is 17.9 Å². The number of benzene rings is 1. The molecule has 0 N–H and O–H groups in total. The van der Waals surface area contributed by atoms with E-state index in [4.69, 9.17) is 14.2 Å². The first-order valence-electron chi connectivity index (χ1n) is 9.67. The van der Waals surface area contributed by atoms with Gasteiger partial charge in [0.2, 0.25) is 0 Å². The van der Waals surface area contributed by atoms with Crippen LogP contribution in [0.5, 0.6) is 0 Å². The Morgan fingerprint density at radius 2 is 1.39 bits per heavy atom. The van der Waals surface area contributed by atoms with Crippen LogP contribution in [-0.4, -0.2) is 37.7 Å². The van der Waals surface area contributed by atoms with Gasteiger partial charge in [-0.05, 0) is 38.2 Å². The maximum Gasteiger partial charge on any atom is 0.333 e. The van der Waals surface area contributed by atoms with E-state index in [-0.39, 0.29) is 25.0 Å². The summed E-state index contributed by atoms with van der Waals surface area (Å²) in [7, 11) is 0. The molecule has 0 bridgehead atoms. The van der Waals surface area contributed by atoms with Crippen molar-refractivity contribution in [2.45, 2.75) is 51.9 Å². The summed E-state index contributed by atoms with van der Waals surface area (Å²) in [6.07, 6.45) is 3.92. The molecule has 0 aliphatic heterocycles. The molecule has 0 aliphatic rings. The van der Waals surface area contributed by atoms with Crippen molar-refractivity contribution in [3.63, 3.8) is 0 Å². The minimum atomic E-state index is -0.452. The number of carbonyl (C=O) groups excluding carboxylic acids is 3. The summed E-state index contributed by atoms with van der Waals surface area (Å²) in [6.45, 7) is 5.94. The number of esters is 3. The Labute approximate surface area is 166 Å². The predicted octanol–water partition coefficient (Wildman–Crippen LogP) is 3.78. The molecule has 28 heavy (non-hydrogen) atoms. The average molecular weight is 390 g/mol. The van der Waals surface area contributed by atoms with Gasteiger partial charge in [0.15, 0.2) is 0 Å². The van der Waals surface area contributed by atoms with Crippen LogP contribution in [0.1, 0.15) is 51.0 Å². The molecule has 1 aromatic rings. The summed E-state index contributed by atoms with van der Waals surface area (Å²) in [5, 5.41) is 0. The van der Waals surface area contributed by atoms with Crippen LogP contribution < -0.4 is 0 Å². The van der Waals surface area contributed by atoms with E-state index in [1.54, 1.807) is 6.92 Å². The van der Waals surface area contributed by atoms with E-state index in [0.717, 1.165) is 18.4 Å². The number of hydrogen-bond acceptors (Lipinski definition) is 6. The molecular weight excluding hydrogens is 360 g/mol. The Bertz CT molecular complexity index is 623. The lowest BCUT2D eigenvalue weighted by molar-refractivity contribution is -0.146. The Hall–Kier alpha value is -2.63. The van der Waals surface area contributed by atoms with Gasteiger partial charge in [-0.15, -0.1) is 0 Å². The van der Waals surface area contributed by atoms with Gasteiger partial charge in [0, 0.05) is 24.8 Å². The number of carbonyl (C=O) groups is 3. The second-order valence-corrected chi connectivity index (χ2v) is 6.51. The van der Waals surface area contributed by atoms with Crippen molar-refractivity contribution < 1.29 is 28.6 Å².